The number of halogens is 1. The predicted octanol–water partition coefficient (Wildman–Crippen LogP) is 3.01. The molecule has 30 heavy (non-hydrogen) atoms. The third kappa shape index (κ3) is 6.58. The van der Waals surface area contributed by atoms with Crippen LogP contribution in [0.4, 0.5) is 4.39 Å². The number of carbonyl (C=O) groups is 3. The Morgan fingerprint density at radius 1 is 1.03 bits per heavy atom. The topological polar surface area (TPSA) is 82.1 Å². The van der Waals surface area contributed by atoms with E-state index in [1.165, 1.54) is 43.2 Å². The third-order valence-corrected chi connectivity index (χ3v) is 4.27. The highest BCUT2D eigenvalue weighted by atomic mass is 19.1. The number of hydrogen-bond donors (Lipinski definition) is 0. The second kappa shape index (κ2) is 10.9. The second-order valence-electron chi connectivity index (χ2n) is 6.41. The first-order valence-electron chi connectivity index (χ1n) is 9.33. The molecule has 0 N–H and O–H groups in total. The Morgan fingerprint density at radius 3 is 2.43 bits per heavy atom. The highest BCUT2D eigenvalue weighted by Gasteiger charge is 2.16. The maximum atomic E-state index is 13.3. The van der Waals surface area contributed by atoms with Gasteiger partial charge in [0.15, 0.2) is 30.5 Å². The van der Waals surface area contributed by atoms with Crippen LogP contribution in [0, 0.1) is 5.82 Å². The molecule has 0 aliphatic carbocycles. The van der Waals surface area contributed by atoms with E-state index in [-0.39, 0.29) is 23.9 Å². The van der Waals surface area contributed by atoms with Crippen LogP contribution < -0.4 is 9.47 Å². The van der Waals surface area contributed by atoms with Crippen LogP contribution in [0.2, 0.25) is 0 Å². The lowest BCUT2D eigenvalue weighted by atomic mass is 10.1. The Balaban J connectivity index is 1.86. The van der Waals surface area contributed by atoms with E-state index < -0.39 is 25.1 Å². The van der Waals surface area contributed by atoms with Gasteiger partial charge in [0, 0.05) is 18.7 Å². The van der Waals surface area contributed by atoms with Gasteiger partial charge in [0.25, 0.3) is 5.91 Å². The van der Waals surface area contributed by atoms with Gasteiger partial charge >= 0.3 is 5.97 Å². The molecule has 2 rings (SSSR count). The lowest BCUT2D eigenvalue weighted by Crippen LogP contribution is -2.34. The molecule has 2 aromatic carbocycles. The first-order valence-corrected chi connectivity index (χ1v) is 9.33. The molecule has 0 saturated carbocycles. The molecule has 0 heterocycles. The molecule has 0 aromatic heterocycles. The van der Waals surface area contributed by atoms with E-state index in [1.807, 2.05) is 0 Å². The maximum Gasteiger partial charge on any atom is 0.344 e. The van der Waals surface area contributed by atoms with Crippen LogP contribution in [-0.4, -0.2) is 49.4 Å². The fourth-order valence-electron chi connectivity index (χ4n) is 2.65. The van der Waals surface area contributed by atoms with Gasteiger partial charge < -0.3 is 19.1 Å². The first kappa shape index (κ1) is 22.9. The molecular formula is C22H24FNO6. The molecule has 1 amide bonds. The highest BCUT2D eigenvalue weighted by molar-refractivity contribution is 5.94. The van der Waals surface area contributed by atoms with E-state index in [9.17, 15) is 18.8 Å². The summed E-state index contributed by atoms with van der Waals surface area (Å²) in [6.07, 6.45) is 0. The average Bonchev–Trinajstić information content (AvgIpc) is 2.74. The van der Waals surface area contributed by atoms with Crippen LogP contribution in [0.1, 0.15) is 29.8 Å². The lowest BCUT2D eigenvalue weighted by molar-refractivity contribution is -0.153. The van der Waals surface area contributed by atoms with E-state index >= 15 is 0 Å². The minimum atomic E-state index is -0.733. The number of methoxy groups -OCH3 is 1. The number of nitrogens with zero attached hydrogens (tertiary/aromatic N) is 1. The van der Waals surface area contributed by atoms with Gasteiger partial charge in [-0.2, -0.15) is 0 Å². The van der Waals surface area contributed by atoms with Gasteiger partial charge in [0.2, 0.25) is 0 Å². The van der Waals surface area contributed by atoms with E-state index in [4.69, 9.17) is 14.2 Å². The number of esters is 1. The number of hydrogen-bond acceptors (Lipinski definition) is 6. The number of amides is 1. The lowest BCUT2D eigenvalue weighted by Gasteiger charge is -2.21. The van der Waals surface area contributed by atoms with Gasteiger partial charge in [0.1, 0.15) is 5.82 Å². The molecule has 0 aliphatic rings. The predicted molar refractivity (Wildman–Crippen MR) is 107 cm³/mol. The molecule has 7 nitrogen and oxygen atoms in total. The van der Waals surface area contributed by atoms with Gasteiger partial charge in [0.05, 0.1) is 7.11 Å². The number of carbonyl (C=O) groups excluding carboxylic acids is 3. The van der Waals surface area contributed by atoms with Gasteiger partial charge in [-0.1, -0.05) is 12.1 Å². The number of rotatable bonds is 10. The van der Waals surface area contributed by atoms with E-state index in [2.05, 4.69) is 0 Å². The number of ether oxygens (including phenoxy) is 3. The minimum absolute atomic E-state index is 0.128. The molecule has 0 saturated heterocycles. The third-order valence-electron chi connectivity index (χ3n) is 4.27. The van der Waals surface area contributed by atoms with Crippen molar-refractivity contribution < 1.29 is 33.0 Å². The van der Waals surface area contributed by atoms with E-state index in [0.717, 1.165) is 0 Å². The van der Waals surface area contributed by atoms with Crippen molar-refractivity contribution in [3.05, 3.63) is 59.4 Å². The Bertz CT molecular complexity index is 914. The number of Topliss-reactive ketones (excluding diaryl/α,β-unsaturated/α-hetero) is 1. The van der Waals surface area contributed by atoms with Crippen molar-refractivity contribution in [2.75, 3.05) is 26.9 Å². The highest BCUT2D eigenvalue weighted by Crippen LogP contribution is 2.28. The van der Waals surface area contributed by atoms with Gasteiger partial charge in [-0.3, -0.25) is 9.59 Å². The molecule has 0 bridgehead atoms. The zero-order chi connectivity index (χ0) is 22.1. The van der Waals surface area contributed by atoms with Crippen molar-refractivity contribution in [1.82, 2.24) is 4.90 Å². The molecule has 0 radical (unpaired) electrons. The summed E-state index contributed by atoms with van der Waals surface area (Å²) in [5.41, 5.74) is 1.09. The minimum Gasteiger partial charge on any atom is -0.493 e. The van der Waals surface area contributed by atoms with Crippen molar-refractivity contribution in [2.24, 2.45) is 0 Å². The average molecular weight is 417 g/mol. The summed E-state index contributed by atoms with van der Waals surface area (Å²) < 4.78 is 28.8. The monoisotopic (exact) mass is 417 g/mol. The normalized spacial score (nSPS) is 10.3. The Kier molecular flexibility index (Phi) is 8.34. The Hall–Kier alpha value is -3.42. The summed E-state index contributed by atoms with van der Waals surface area (Å²) >= 11 is 0. The molecular weight excluding hydrogens is 393 g/mol. The standard InChI is InChI=1S/C22H24FNO6/c1-4-24(12-16-6-5-7-18(23)10-16)21(26)13-30-22(27)14-29-19-9-8-17(15(2)25)11-20(19)28-3/h5-11H,4,12-14H2,1-3H3. The van der Waals surface area contributed by atoms with Crippen molar-refractivity contribution in [1.29, 1.82) is 0 Å². The molecule has 0 atom stereocenters. The summed E-state index contributed by atoms with van der Waals surface area (Å²) in [6.45, 7) is 2.91. The summed E-state index contributed by atoms with van der Waals surface area (Å²) in [5.74, 6) is -1.07. The first-order chi connectivity index (χ1) is 14.3. The molecule has 160 valence electrons. The zero-order valence-corrected chi connectivity index (χ0v) is 17.1. The number of likely N-dealkylation sites (N-methyl/N-ethyl adjacent to an activating group) is 1. The van der Waals surface area contributed by atoms with Crippen LogP contribution in [0.3, 0.4) is 0 Å². The Labute approximate surface area is 174 Å². The fourth-order valence-corrected chi connectivity index (χ4v) is 2.65. The van der Waals surface area contributed by atoms with Gasteiger partial charge in [-0.15, -0.1) is 0 Å². The number of benzene rings is 2. The van der Waals surface area contributed by atoms with Gasteiger partial charge in [-0.25, -0.2) is 9.18 Å². The van der Waals surface area contributed by atoms with Crippen molar-refractivity contribution in [3.8, 4) is 11.5 Å². The summed E-state index contributed by atoms with van der Waals surface area (Å²) in [5, 5.41) is 0. The summed E-state index contributed by atoms with van der Waals surface area (Å²) in [6, 6.07) is 10.5. The molecule has 0 spiro atoms. The van der Waals surface area contributed by atoms with E-state index in [1.54, 1.807) is 25.1 Å². The van der Waals surface area contributed by atoms with Crippen molar-refractivity contribution in [2.45, 2.75) is 20.4 Å². The SMILES string of the molecule is CCN(Cc1cccc(F)c1)C(=O)COC(=O)COc1ccc(C(C)=O)cc1OC. The van der Waals surface area contributed by atoms with Crippen molar-refractivity contribution >= 4 is 17.7 Å². The van der Waals surface area contributed by atoms with Crippen LogP contribution >= 0.6 is 0 Å². The second-order valence-corrected chi connectivity index (χ2v) is 6.41. The number of ketones is 1. The quantitative estimate of drug-likeness (QED) is 0.437. The van der Waals surface area contributed by atoms with Crippen LogP contribution in [-0.2, 0) is 20.9 Å². The van der Waals surface area contributed by atoms with Crippen LogP contribution in [0.15, 0.2) is 42.5 Å². The molecule has 8 heteroatoms. The largest absolute Gasteiger partial charge is 0.493 e. The molecule has 0 fully saturated rings. The molecule has 0 unspecified atom stereocenters. The molecule has 0 aliphatic heterocycles. The summed E-state index contributed by atoms with van der Waals surface area (Å²) in [4.78, 5) is 37.1. The van der Waals surface area contributed by atoms with E-state index in [0.29, 0.717) is 23.4 Å². The van der Waals surface area contributed by atoms with Crippen LogP contribution in [0.25, 0.3) is 0 Å². The Morgan fingerprint density at radius 2 is 1.80 bits per heavy atom. The zero-order valence-electron chi connectivity index (χ0n) is 17.1. The van der Waals surface area contributed by atoms with Crippen molar-refractivity contribution in [3.63, 3.8) is 0 Å². The molecule has 2 aromatic rings. The maximum absolute atomic E-state index is 13.3. The smallest absolute Gasteiger partial charge is 0.344 e. The summed E-state index contributed by atoms with van der Waals surface area (Å²) in [7, 11) is 1.42. The van der Waals surface area contributed by atoms with Crippen LogP contribution in [0.5, 0.6) is 11.5 Å². The van der Waals surface area contributed by atoms with Gasteiger partial charge in [-0.05, 0) is 49.7 Å². The fraction of sp³-hybridized carbons (Fsp3) is 0.318.